The molecule has 1 spiro atoms. The molecule has 2 aliphatic heterocycles. The van der Waals surface area contributed by atoms with Crippen LogP contribution in [0.1, 0.15) is 79.1 Å². The van der Waals surface area contributed by atoms with Gasteiger partial charge >= 0.3 is 6.09 Å². The van der Waals surface area contributed by atoms with Crippen LogP contribution in [0.2, 0.25) is 0 Å². The quantitative estimate of drug-likeness (QED) is 0.705. The van der Waals surface area contributed by atoms with Gasteiger partial charge in [0, 0.05) is 24.9 Å². The minimum Gasteiger partial charge on any atom is -0.446 e. The van der Waals surface area contributed by atoms with E-state index in [4.69, 9.17) is 25.0 Å². The predicted molar refractivity (Wildman–Crippen MR) is 105 cm³/mol. The summed E-state index contributed by atoms with van der Waals surface area (Å²) in [6, 6.07) is 0. The number of rotatable bonds is 3. The Morgan fingerprint density at radius 3 is 2.54 bits per heavy atom. The van der Waals surface area contributed by atoms with E-state index in [2.05, 4.69) is 19.2 Å². The average Bonchev–Trinajstić information content (AvgIpc) is 2.58. The summed E-state index contributed by atoms with van der Waals surface area (Å²) >= 11 is 0. The van der Waals surface area contributed by atoms with Gasteiger partial charge in [0.2, 0.25) is 5.79 Å². The van der Waals surface area contributed by atoms with Crippen molar-refractivity contribution in [3.8, 4) is 0 Å². The first-order chi connectivity index (χ1) is 13.1. The van der Waals surface area contributed by atoms with Gasteiger partial charge in [0.15, 0.2) is 0 Å². The molecule has 0 aromatic heterocycles. The number of alkyl carbamates (subject to hydrolysis) is 1. The van der Waals surface area contributed by atoms with Gasteiger partial charge in [-0.15, -0.1) is 0 Å². The molecule has 2 saturated heterocycles. The molecule has 0 aromatic rings. The van der Waals surface area contributed by atoms with Gasteiger partial charge in [-0.3, -0.25) is 0 Å². The molecule has 2 saturated carbocycles. The van der Waals surface area contributed by atoms with E-state index in [1.807, 2.05) is 13.8 Å². The number of carbonyl (C=O) groups is 1. The Kier molecular flexibility index (Phi) is 6.90. The van der Waals surface area contributed by atoms with Gasteiger partial charge < -0.3 is 20.5 Å². The fourth-order valence-electron chi connectivity index (χ4n) is 4.77. The lowest BCUT2D eigenvalue weighted by Gasteiger charge is -2.41. The maximum absolute atomic E-state index is 12.2. The Balaban J connectivity index is 1.60. The summed E-state index contributed by atoms with van der Waals surface area (Å²) in [7, 11) is 0. The minimum absolute atomic E-state index is 0.0382. The monoisotopic (exact) mass is 398 g/mol. The van der Waals surface area contributed by atoms with Crippen LogP contribution in [0.3, 0.4) is 0 Å². The third-order valence-electron chi connectivity index (χ3n) is 6.03. The Morgan fingerprint density at radius 2 is 1.86 bits per heavy atom. The first kappa shape index (κ1) is 21.8. The number of hydrogen-bond donors (Lipinski definition) is 2. The third kappa shape index (κ3) is 6.31. The van der Waals surface area contributed by atoms with E-state index < -0.39 is 17.4 Å². The molecule has 2 heterocycles. The number of nitrogens with one attached hydrogen (secondary N) is 1. The maximum atomic E-state index is 12.2. The van der Waals surface area contributed by atoms with Crippen molar-refractivity contribution < 1.29 is 24.0 Å². The summed E-state index contributed by atoms with van der Waals surface area (Å²) in [6.45, 7) is 8.24. The molecule has 7 nitrogen and oxygen atoms in total. The molecule has 0 radical (unpaired) electrons. The fourth-order valence-corrected chi connectivity index (χ4v) is 4.77. The lowest BCUT2D eigenvalue weighted by molar-refractivity contribution is -0.458. The van der Waals surface area contributed by atoms with Gasteiger partial charge in [0.1, 0.15) is 6.10 Å². The summed E-state index contributed by atoms with van der Waals surface area (Å²) in [5.74, 6) is 0.629. The Bertz CT molecular complexity index is 531. The van der Waals surface area contributed by atoms with Gasteiger partial charge in [0.05, 0.1) is 12.2 Å². The van der Waals surface area contributed by atoms with Crippen molar-refractivity contribution in [1.82, 2.24) is 5.32 Å². The van der Waals surface area contributed by atoms with E-state index in [1.54, 1.807) is 0 Å². The van der Waals surface area contributed by atoms with E-state index >= 15 is 0 Å². The second-order valence-electron chi connectivity index (χ2n) is 9.97. The number of fused-ring (bicyclic) bond motifs is 5. The van der Waals surface area contributed by atoms with Crippen molar-refractivity contribution in [2.45, 2.75) is 109 Å². The minimum atomic E-state index is -0.848. The zero-order chi connectivity index (χ0) is 20.4. The number of amides is 1. The first-order valence-corrected chi connectivity index (χ1v) is 10.9. The van der Waals surface area contributed by atoms with Gasteiger partial charge in [-0.2, -0.15) is 0 Å². The van der Waals surface area contributed by atoms with Gasteiger partial charge in [0.25, 0.3) is 0 Å². The molecule has 3 N–H and O–H groups in total. The molecule has 7 heteroatoms. The van der Waals surface area contributed by atoms with Crippen molar-refractivity contribution >= 4 is 6.09 Å². The number of nitrogens with two attached hydrogens (primary N) is 1. The zero-order valence-corrected chi connectivity index (χ0v) is 17.9. The first-order valence-electron chi connectivity index (χ1n) is 10.9. The molecule has 162 valence electrons. The van der Waals surface area contributed by atoms with E-state index in [0.717, 1.165) is 43.9 Å². The van der Waals surface area contributed by atoms with Crippen LogP contribution in [-0.2, 0) is 19.2 Å². The SMILES string of the molecule is CC1CC2CC(C2)CC(C)OC2(CCCC(OC(=O)NCC(C)(C)N)C2)OO1. The van der Waals surface area contributed by atoms with Crippen molar-refractivity contribution in [3.63, 3.8) is 0 Å². The Hall–Kier alpha value is -0.890. The largest absolute Gasteiger partial charge is 0.446 e. The van der Waals surface area contributed by atoms with Crippen LogP contribution >= 0.6 is 0 Å². The highest BCUT2D eigenvalue weighted by Gasteiger charge is 2.44. The molecule has 4 aliphatic rings. The van der Waals surface area contributed by atoms with Crippen LogP contribution in [0.15, 0.2) is 0 Å². The van der Waals surface area contributed by atoms with E-state index in [0.29, 0.717) is 13.0 Å². The van der Waals surface area contributed by atoms with Crippen LogP contribution in [0.4, 0.5) is 4.79 Å². The van der Waals surface area contributed by atoms with Crippen molar-refractivity contribution in [1.29, 1.82) is 0 Å². The highest BCUT2D eigenvalue weighted by molar-refractivity contribution is 5.67. The predicted octanol–water partition coefficient (Wildman–Crippen LogP) is 3.65. The fraction of sp³-hybridized carbons (Fsp3) is 0.952. The molecule has 2 bridgehead atoms. The summed E-state index contributed by atoms with van der Waals surface area (Å²) in [5, 5.41) is 2.74. The maximum Gasteiger partial charge on any atom is 0.407 e. The van der Waals surface area contributed by atoms with Crippen LogP contribution in [0.25, 0.3) is 0 Å². The third-order valence-corrected chi connectivity index (χ3v) is 6.03. The highest BCUT2D eigenvalue weighted by Crippen LogP contribution is 2.43. The van der Waals surface area contributed by atoms with Crippen LogP contribution in [0.5, 0.6) is 0 Å². The molecule has 28 heavy (non-hydrogen) atoms. The molecule has 1 amide bonds. The van der Waals surface area contributed by atoms with Crippen LogP contribution in [-0.4, -0.2) is 42.3 Å². The summed E-state index contributed by atoms with van der Waals surface area (Å²) < 4.78 is 12.0. The number of hydrogen-bond acceptors (Lipinski definition) is 6. The van der Waals surface area contributed by atoms with Crippen molar-refractivity contribution in [2.75, 3.05) is 6.54 Å². The highest BCUT2D eigenvalue weighted by atomic mass is 17.2. The molecular formula is C21H38N2O5. The lowest BCUT2D eigenvalue weighted by Crippen LogP contribution is -2.48. The average molecular weight is 399 g/mol. The van der Waals surface area contributed by atoms with Gasteiger partial charge in [-0.05, 0) is 78.1 Å². The summed E-state index contributed by atoms with van der Waals surface area (Å²) in [5.41, 5.74) is 5.44. The number of ether oxygens (including phenoxy) is 2. The molecule has 4 unspecified atom stereocenters. The second kappa shape index (κ2) is 8.86. The van der Waals surface area contributed by atoms with E-state index in [1.165, 1.54) is 12.8 Å². The zero-order valence-electron chi connectivity index (χ0n) is 17.9. The lowest BCUT2D eigenvalue weighted by atomic mass is 9.70. The molecule has 4 rings (SSSR count). The summed E-state index contributed by atoms with van der Waals surface area (Å²) in [4.78, 5) is 23.8. The van der Waals surface area contributed by atoms with Gasteiger partial charge in [-0.25, -0.2) is 14.6 Å². The standard InChI is InChI=1S/C21H38N2O5/c1-14-8-16-10-17(11-16)9-15(2)27-28-21(26-14)7-5-6-18(12-21)25-19(24)23-13-20(3,4)22/h14-18H,5-13,22H2,1-4H3,(H,23,24). The number of carbonyl (C=O) groups excluding carboxylic acids is 1. The second-order valence-corrected chi connectivity index (χ2v) is 9.97. The van der Waals surface area contributed by atoms with Crippen LogP contribution in [0, 0.1) is 11.8 Å². The molecular weight excluding hydrogens is 360 g/mol. The smallest absolute Gasteiger partial charge is 0.407 e. The Labute approximate surface area is 168 Å². The van der Waals surface area contributed by atoms with E-state index in [9.17, 15) is 4.79 Å². The molecule has 0 aromatic carbocycles. The summed E-state index contributed by atoms with van der Waals surface area (Å²) in [6.07, 6.45) is 6.90. The van der Waals surface area contributed by atoms with Crippen LogP contribution < -0.4 is 11.1 Å². The topological polar surface area (TPSA) is 92.0 Å². The van der Waals surface area contributed by atoms with Gasteiger partial charge in [-0.1, -0.05) is 0 Å². The van der Waals surface area contributed by atoms with Crippen molar-refractivity contribution in [2.24, 2.45) is 17.6 Å². The normalized spacial score (nSPS) is 39.5. The van der Waals surface area contributed by atoms with E-state index in [-0.39, 0.29) is 18.3 Å². The van der Waals surface area contributed by atoms with Crippen molar-refractivity contribution in [3.05, 3.63) is 0 Å². The molecule has 2 aliphatic carbocycles. The molecule has 4 fully saturated rings. The molecule has 4 atom stereocenters. The Morgan fingerprint density at radius 1 is 1.18 bits per heavy atom.